The summed E-state index contributed by atoms with van der Waals surface area (Å²) in [6.07, 6.45) is 7.28. The zero-order valence-electron chi connectivity index (χ0n) is 23.5. The molecule has 1 amide bonds. The van der Waals surface area contributed by atoms with Crippen molar-refractivity contribution < 1.29 is 4.79 Å². The first kappa shape index (κ1) is 27.1. The number of H-pyrrole nitrogens is 1. The maximum absolute atomic E-state index is 14.2. The maximum Gasteiger partial charge on any atom is 0.254 e. The number of nitrogens with one attached hydrogen (secondary N) is 1. The standard InChI is InChI=1S/C34H37N5O/c1-34(2,3)31(39(23-13-20-30-35-21-22-36-30)33(40)28-18-11-6-12-19-28)32-37-29(27-16-9-5-10-17-27)25-38(32)24-26-14-7-4-8-15-26/h4-12,14-19,21-22,25,31H,13,20,23-24H2,1-3H3,(H,35,36)/t31-/m0/s1. The fourth-order valence-corrected chi connectivity index (χ4v) is 5.24. The molecule has 1 N–H and O–H groups in total. The molecule has 204 valence electrons. The first-order chi connectivity index (χ1) is 19.4. The van der Waals surface area contributed by atoms with Crippen LogP contribution in [0.25, 0.3) is 11.3 Å². The van der Waals surface area contributed by atoms with Crippen molar-refractivity contribution in [2.24, 2.45) is 5.41 Å². The van der Waals surface area contributed by atoms with E-state index >= 15 is 0 Å². The van der Waals surface area contributed by atoms with Gasteiger partial charge in [0.1, 0.15) is 11.6 Å². The maximum atomic E-state index is 14.2. The van der Waals surface area contributed by atoms with E-state index in [1.54, 1.807) is 6.20 Å². The molecular formula is C34H37N5O. The van der Waals surface area contributed by atoms with E-state index in [4.69, 9.17) is 4.98 Å². The van der Waals surface area contributed by atoms with Gasteiger partial charge < -0.3 is 14.5 Å². The van der Waals surface area contributed by atoms with E-state index in [0.29, 0.717) is 18.7 Å². The second-order valence-electron chi connectivity index (χ2n) is 11.2. The van der Waals surface area contributed by atoms with Gasteiger partial charge in [-0.15, -0.1) is 0 Å². The van der Waals surface area contributed by atoms with Crippen molar-refractivity contribution in [1.29, 1.82) is 0 Å². The van der Waals surface area contributed by atoms with Gasteiger partial charge in [0.05, 0.1) is 11.7 Å². The average Bonchev–Trinajstić information content (AvgIpc) is 3.63. The summed E-state index contributed by atoms with van der Waals surface area (Å²) in [5.74, 6) is 1.82. The van der Waals surface area contributed by atoms with Gasteiger partial charge >= 0.3 is 0 Å². The fraction of sp³-hybridized carbons (Fsp3) is 0.265. The summed E-state index contributed by atoms with van der Waals surface area (Å²) < 4.78 is 2.23. The van der Waals surface area contributed by atoms with Gasteiger partial charge in [-0.25, -0.2) is 9.97 Å². The summed E-state index contributed by atoms with van der Waals surface area (Å²) in [5.41, 5.74) is 3.54. The van der Waals surface area contributed by atoms with Gasteiger partial charge in [0.15, 0.2) is 0 Å². The average molecular weight is 532 g/mol. The molecule has 2 aromatic heterocycles. The molecule has 0 fully saturated rings. The van der Waals surface area contributed by atoms with Crippen LogP contribution in [-0.4, -0.2) is 36.9 Å². The Morgan fingerprint density at radius 2 is 1.57 bits per heavy atom. The molecule has 5 aromatic rings. The lowest BCUT2D eigenvalue weighted by Gasteiger charge is -2.40. The number of rotatable bonds is 10. The van der Waals surface area contributed by atoms with Crippen LogP contribution in [0, 0.1) is 5.41 Å². The number of aromatic amines is 1. The van der Waals surface area contributed by atoms with Crippen LogP contribution in [0.5, 0.6) is 0 Å². The molecule has 0 radical (unpaired) electrons. The number of amides is 1. The second kappa shape index (κ2) is 12.2. The molecule has 40 heavy (non-hydrogen) atoms. The van der Waals surface area contributed by atoms with Crippen LogP contribution >= 0.6 is 0 Å². The number of aryl methyl sites for hydroxylation is 1. The number of benzene rings is 3. The topological polar surface area (TPSA) is 66.8 Å². The number of nitrogens with zero attached hydrogens (tertiary/aromatic N) is 4. The Hall–Kier alpha value is -4.45. The predicted octanol–water partition coefficient (Wildman–Crippen LogP) is 7.18. The van der Waals surface area contributed by atoms with Gasteiger partial charge in [-0.2, -0.15) is 0 Å². The first-order valence-electron chi connectivity index (χ1n) is 13.9. The van der Waals surface area contributed by atoms with E-state index in [1.807, 2.05) is 65.7 Å². The highest BCUT2D eigenvalue weighted by molar-refractivity contribution is 5.94. The quantitative estimate of drug-likeness (QED) is 0.207. The summed E-state index contributed by atoms with van der Waals surface area (Å²) in [7, 11) is 0. The zero-order chi connectivity index (χ0) is 28.0. The molecule has 0 spiro atoms. The lowest BCUT2D eigenvalue weighted by Crippen LogP contribution is -2.43. The Kier molecular flexibility index (Phi) is 8.25. The minimum absolute atomic E-state index is 0.00971. The summed E-state index contributed by atoms with van der Waals surface area (Å²) in [4.78, 5) is 29.1. The third kappa shape index (κ3) is 6.40. The highest BCUT2D eigenvalue weighted by Crippen LogP contribution is 2.40. The van der Waals surface area contributed by atoms with Gasteiger partial charge in [0, 0.05) is 49.2 Å². The van der Waals surface area contributed by atoms with Gasteiger partial charge in [0.25, 0.3) is 5.91 Å². The minimum Gasteiger partial charge on any atom is -0.349 e. The van der Waals surface area contributed by atoms with E-state index < -0.39 is 0 Å². The SMILES string of the molecule is CC(C)(C)[C@H](c1nc(-c2ccccc2)cn1Cc1ccccc1)N(CCCc1ncc[nH]1)C(=O)c1ccccc1. The fourth-order valence-electron chi connectivity index (χ4n) is 5.24. The molecule has 5 rings (SSSR count). The van der Waals surface area contributed by atoms with Crippen LogP contribution in [0.3, 0.4) is 0 Å². The number of hydrogen-bond donors (Lipinski definition) is 1. The number of aromatic nitrogens is 4. The molecule has 2 heterocycles. The van der Waals surface area contributed by atoms with Crippen LogP contribution in [0.1, 0.15) is 60.8 Å². The Morgan fingerprint density at radius 3 is 2.20 bits per heavy atom. The van der Waals surface area contributed by atoms with E-state index in [2.05, 4.69) is 77.9 Å². The number of carbonyl (C=O) groups excluding carboxylic acids is 1. The highest BCUT2D eigenvalue weighted by Gasteiger charge is 2.38. The third-order valence-corrected chi connectivity index (χ3v) is 7.10. The van der Waals surface area contributed by atoms with Crippen LogP contribution in [0.2, 0.25) is 0 Å². The highest BCUT2D eigenvalue weighted by atomic mass is 16.2. The number of carbonyl (C=O) groups is 1. The predicted molar refractivity (Wildman–Crippen MR) is 160 cm³/mol. The molecule has 0 bridgehead atoms. The van der Waals surface area contributed by atoms with E-state index in [1.165, 1.54) is 5.56 Å². The van der Waals surface area contributed by atoms with Crippen molar-refractivity contribution in [1.82, 2.24) is 24.4 Å². The van der Waals surface area contributed by atoms with E-state index in [0.717, 1.165) is 35.7 Å². The zero-order valence-corrected chi connectivity index (χ0v) is 23.5. The van der Waals surface area contributed by atoms with E-state index in [-0.39, 0.29) is 17.4 Å². The Bertz CT molecular complexity index is 1490. The lowest BCUT2D eigenvalue weighted by atomic mass is 9.84. The lowest BCUT2D eigenvalue weighted by molar-refractivity contribution is 0.0480. The van der Waals surface area contributed by atoms with Crippen molar-refractivity contribution in [2.45, 2.75) is 46.2 Å². The smallest absolute Gasteiger partial charge is 0.254 e. The number of imidazole rings is 2. The molecule has 0 unspecified atom stereocenters. The van der Waals surface area contributed by atoms with Gasteiger partial charge in [0.2, 0.25) is 0 Å². The van der Waals surface area contributed by atoms with Crippen molar-refractivity contribution in [2.75, 3.05) is 6.54 Å². The molecule has 6 nitrogen and oxygen atoms in total. The number of hydrogen-bond acceptors (Lipinski definition) is 3. The molecule has 0 saturated heterocycles. The second-order valence-corrected chi connectivity index (χ2v) is 11.2. The van der Waals surface area contributed by atoms with Crippen molar-refractivity contribution in [3.8, 4) is 11.3 Å². The Balaban J connectivity index is 1.59. The van der Waals surface area contributed by atoms with Crippen molar-refractivity contribution in [3.63, 3.8) is 0 Å². The summed E-state index contributed by atoms with van der Waals surface area (Å²) in [6.45, 7) is 7.83. The Labute approximate surface area is 236 Å². The van der Waals surface area contributed by atoms with E-state index in [9.17, 15) is 4.79 Å². The normalized spacial score (nSPS) is 12.3. The van der Waals surface area contributed by atoms with Crippen LogP contribution in [0.15, 0.2) is 110 Å². The minimum atomic E-state index is -0.289. The molecule has 6 heteroatoms. The van der Waals surface area contributed by atoms with Gasteiger partial charge in [-0.3, -0.25) is 4.79 Å². The summed E-state index contributed by atoms with van der Waals surface area (Å²) >= 11 is 0. The monoisotopic (exact) mass is 531 g/mol. The molecule has 0 saturated carbocycles. The van der Waals surface area contributed by atoms with Crippen LogP contribution in [0.4, 0.5) is 0 Å². The van der Waals surface area contributed by atoms with Crippen LogP contribution in [-0.2, 0) is 13.0 Å². The summed E-state index contributed by atoms with van der Waals surface area (Å²) in [5, 5.41) is 0. The first-order valence-corrected chi connectivity index (χ1v) is 13.9. The van der Waals surface area contributed by atoms with Gasteiger partial charge in [-0.1, -0.05) is 99.6 Å². The largest absolute Gasteiger partial charge is 0.349 e. The molecule has 0 aliphatic carbocycles. The third-order valence-electron chi connectivity index (χ3n) is 7.10. The Morgan fingerprint density at radius 1 is 0.925 bits per heavy atom. The van der Waals surface area contributed by atoms with Crippen molar-refractivity contribution >= 4 is 5.91 Å². The van der Waals surface area contributed by atoms with Gasteiger partial charge in [-0.05, 0) is 29.5 Å². The molecule has 0 aliphatic rings. The molecule has 1 atom stereocenters. The summed E-state index contributed by atoms with van der Waals surface area (Å²) in [6, 6.07) is 30.0. The molecule has 0 aliphatic heterocycles. The molecule has 3 aromatic carbocycles. The van der Waals surface area contributed by atoms with Crippen molar-refractivity contribution in [3.05, 3.63) is 132 Å². The molecular weight excluding hydrogens is 494 g/mol. The van der Waals surface area contributed by atoms with Crippen LogP contribution < -0.4 is 0 Å².